The Morgan fingerprint density at radius 2 is 2.47 bits per heavy atom. The van der Waals surface area contributed by atoms with Crippen LogP contribution in [0.2, 0.25) is 0 Å². The standard InChI is InChI=1S/C10H10N4O2S/c1-3-16-10(15)9-7(2)13-8(17-9)5-4-6-12-14-11/h3,6H2,1-2H3. The number of carbonyl (C=O) groups excluding carboxylic acids is 1. The van der Waals surface area contributed by atoms with E-state index in [1.807, 2.05) is 0 Å². The summed E-state index contributed by atoms with van der Waals surface area (Å²) in [6, 6.07) is 0. The molecule has 0 aliphatic carbocycles. The Morgan fingerprint density at radius 1 is 1.71 bits per heavy atom. The molecule has 0 aromatic carbocycles. The summed E-state index contributed by atoms with van der Waals surface area (Å²) in [5.74, 6) is 4.98. The van der Waals surface area contributed by atoms with Crippen LogP contribution in [0.25, 0.3) is 10.4 Å². The molecule has 0 saturated heterocycles. The maximum absolute atomic E-state index is 11.5. The van der Waals surface area contributed by atoms with E-state index >= 15 is 0 Å². The van der Waals surface area contributed by atoms with Gasteiger partial charge in [0.2, 0.25) is 0 Å². The van der Waals surface area contributed by atoms with Crippen molar-refractivity contribution < 1.29 is 9.53 Å². The number of aromatic nitrogens is 1. The predicted octanol–water partition coefficient (Wildman–Crippen LogP) is 2.29. The van der Waals surface area contributed by atoms with Gasteiger partial charge in [0.1, 0.15) is 4.88 Å². The fourth-order valence-corrected chi connectivity index (χ4v) is 1.85. The summed E-state index contributed by atoms with van der Waals surface area (Å²) in [5, 5.41) is 3.79. The van der Waals surface area contributed by atoms with Crippen LogP contribution in [0.1, 0.15) is 27.3 Å². The minimum Gasteiger partial charge on any atom is -0.462 e. The SMILES string of the molecule is CCOC(=O)c1sc(C#CCN=[N+]=[N-])nc1C. The van der Waals surface area contributed by atoms with Gasteiger partial charge < -0.3 is 4.74 Å². The van der Waals surface area contributed by atoms with Gasteiger partial charge in [0, 0.05) is 4.91 Å². The lowest BCUT2D eigenvalue weighted by Gasteiger charge is -1.97. The molecule has 0 atom stereocenters. The summed E-state index contributed by atoms with van der Waals surface area (Å²) in [4.78, 5) is 18.6. The van der Waals surface area contributed by atoms with Crippen LogP contribution in [0, 0.1) is 18.8 Å². The smallest absolute Gasteiger partial charge is 0.350 e. The van der Waals surface area contributed by atoms with Crippen LogP contribution in [-0.2, 0) is 4.74 Å². The van der Waals surface area contributed by atoms with Gasteiger partial charge in [0.25, 0.3) is 0 Å². The molecule has 0 aliphatic heterocycles. The summed E-state index contributed by atoms with van der Waals surface area (Å²) in [6.45, 7) is 3.88. The molecule has 1 aromatic heterocycles. The molecule has 0 radical (unpaired) electrons. The van der Waals surface area contributed by atoms with Crippen molar-refractivity contribution in [2.75, 3.05) is 13.2 Å². The molecule has 0 aliphatic rings. The fourth-order valence-electron chi connectivity index (χ4n) is 1.02. The van der Waals surface area contributed by atoms with Crippen LogP contribution in [0.5, 0.6) is 0 Å². The highest BCUT2D eigenvalue weighted by Gasteiger charge is 2.15. The Labute approximate surface area is 102 Å². The number of hydrogen-bond acceptors (Lipinski definition) is 5. The topological polar surface area (TPSA) is 88.0 Å². The zero-order chi connectivity index (χ0) is 12.7. The Balaban J connectivity index is 2.83. The van der Waals surface area contributed by atoms with E-state index in [4.69, 9.17) is 10.3 Å². The lowest BCUT2D eigenvalue weighted by Crippen LogP contribution is -2.03. The van der Waals surface area contributed by atoms with Gasteiger partial charge in [-0.25, -0.2) is 9.78 Å². The number of azide groups is 1. The third kappa shape index (κ3) is 3.79. The Morgan fingerprint density at radius 3 is 3.12 bits per heavy atom. The first kappa shape index (κ1) is 13.0. The number of thiazole rings is 1. The first-order valence-corrected chi connectivity index (χ1v) is 5.65. The second kappa shape index (κ2) is 6.53. The van der Waals surface area contributed by atoms with E-state index in [2.05, 4.69) is 26.9 Å². The largest absolute Gasteiger partial charge is 0.462 e. The Kier molecular flexibility index (Phi) is 5.01. The Bertz CT molecular complexity index is 520. The summed E-state index contributed by atoms with van der Waals surface area (Å²) < 4.78 is 4.88. The number of aryl methyl sites for hydroxylation is 1. The summed E-state index contributed by atoms with van der Waals surface area (Å²) in [7, 11) is 0. The van der Waals surface area contributed by atoms with E-state index in [1.165, 1.54) is 11.3 Å². The second-order valence-corrected chi connectivity index (χ2v) is 3.84. The number of hydrogen-bond donors (Lipinski definition) is 0. The minimum atomic E-state index is -0.384. The molecule has 7 heteroatoms. The molecule has 88 valence electrons. The van der Waals surface area contributed by atoms with Gasteiger partial charge in [0.05, 0.1) is 18.8 Å². The van der Waals surface area contributed by atoms with Gasteiger partial charge in [-0.1, -0.05) is 22.4 Å². The Hall–Kier alpha value is -2.03. The lowest BCUT2D eigenvalue weighted by molar-refractivity contribution is 0.0531. The molecule has 0 saturated carbocycles. The molecular weight excluding hydrogens is 240 g/mol. The van der Waals surface area contributed by atoms with Crippen molar-refractivity contribution in [3.63, 3.8) is 0 Å². The highest BCUT2D eigenvalue weighted by molar-refractivity contribution is 7.14. The van der Waals surface area contributed by atoms with Crippen LogP contribution < -0.4 is 0 Å². The van der Waals surface area contributed by atoms with E-state index < -0.39 is 0 Å². The van der Waals surface area contributed by atoms with E-state index in [0.29, 0.717) is 22.2 Å². The van der Waals surface area contributed by atoms with Crippen LogP contribution in [0.4, 0.5) is 0 Å². The number of rotatable bonds is 3. The van der Waals surface area contributed by atoms with E-state index in [1.54, 1.807) is 13.8 Å². The van der Waals surface area contributed by atoms with Crippen LogP contribution in [0.3, 0.4) is 0 Å². The van der Waals surface area contributed by atoms with Crippen molar-refractivity contribution in [1.29, 1.82) is 0 Å². The number of ether oxygens (including phenoxy) is 1. The average molecular weight is 250 g/mol. The first-order chi connectivity index (χ1) is 8.19. The van der Waals surface area contributed by atoms with Crippen molar-refractivity contribution in [1.82, 2.24) is 4.98 Å². The zero-order valence-corrected chi connectivity index (χ0v) is 10.2. The van der Waals surface area contributed by atoms with Gasteiger partial charge in [-0.05, 0) is 25.3 Å². The summed E-state index contributed by atoms with van der Waals surface area (Å²) >= 11 is 1.17. The maximum Gasteiger partial charge on any atom is 0.350 e. The van der Waals surface area contributed by atoms with Gasteiger partial charge in [-0.3, -0.25) is 0 Å². The van der Waals surface area contributed by atoms with Gasteiger partial charge in [-0.2, -0.15) is 0 Å². The van der Waals surface area contributed by atoms with E-state index in [0.717, 1.165) is 0 Å². The molecule has 0 bridgehead atoms. The van der Waals surface area contributed by atoms with E-state index in [9.17, 15) is 4.79 Å². The van der Waals surface area contributed by atoms with Crippen molar-refractivity contribution in [2.45, 2.75) is 13.8 Å². The van der Waals surface area contributed by atoms with Crippen molar-refractivity contribution in [3.8, 4) is 11.8 Å². The van der Waals surface area contributed by atoms with Crippen molar-refractivity contribution in [2.24, 2.45) is 5.11 Å². The molecule has 1 aromatic rings. The highest BCUT2D eigenvalue weighted by Crippen LogP contribution is 2.18. The second-order valence-electron chi connectivity index (χ2n) is 2.84. The molecule has 0 N–H and O–H groups in total. The molecule has 0 spiro atoms. The van der Waals surface area contributed by atoms with Crippen LogP contribution in [0.15, 0.2) is 5.11 Å². The third-order valence-electron chi connectivity index (χ3n) is 1.67. The molecule has 0 unspecified atom stereocenters. The maximum atomic E-state index is 11.5. The summed E-state index contributed by atoms with van der Waals surface area (Å²) in [6.07, 6.45) is 0. The van der Waals surface area contributed by atoms with Crippen molar-refractivity contribution >= 4 is 17.3 Å². The average Bonchev–Trinajstić information content (AvgIpc) is 2.66. The normalized spacial score (nSPS) is 8.82. The molecule has 0 amide bonds. The number of esters is 1. The molecule has 1 rings (SSSR count). The zero-order valence-electron chi connectivity index (χ0n) is 9.43. The quantitative estimate of drug-likeness (QED) is 0.271. The van der Waals surface area contributed by atoms with Gasteiger partial charge in [-0.15, -0.1) is 0 Å². The first-order valence-electron chi connectivity index (χ1n) is 4.83. The number of carbonyl (C=O) groups is 1. The summed E-state index contributed by atoms with van der Waals surface area (Å²) in [5.41, 5.74) is 8.66. The predicted molar refractivity (Wildman–Crippen MR) is 63.7 cm³/mol. The number of nitrogens with zero attached hydrogens (tertiary/aromatic N) is 4. The molecule has 6 nitrogen and oxygen atoms in total. The molecule has 0 fully saturated rings. The lowest BCUT2D eigenvalue weighted by atomic mass is 10.4. The molecule has 1 heterocycles. The van der Waals surface area contributed by atoms with Gasteiger partial charge >= 0.3 is 5.97 Å². The van der Waals surface area contributed by atoms with Crippen molar-refractivity contribution in [3.05, 3.63) is 26.0 Å². The van der Waals surface area contributed by atoms with Crippen LogP contribution in [-0.4, -0.2) is 24.1 Å². The van der Waals surface area contributed by atoms with Gasteiger partial charge in [0.15, 0.2) is 5.01 Å². The fraction of sp³-hybridized carbons (Fsp3) is 0.400. The highest BCUT2D eigenvalue weighted by atomic mass is 32.1. The minimum absolute atomic E-state index is 0.0872. The molecule has 17 heavy (non-hydrogen) atoms. The monoisotopic (exact) mass is 250 g/mol. The molecular formula is C10H10N4O2S. The van der Waals surface area contributed by atoms with Crippen LogP contribution >= 0.6 is 11.3 Å². The third-order valence-corrected chi connectivity index (χ3v) is 2.72. The van der Waals surface area contributed by atoms with E-state index in [-0.39, 0.29) is 12.5 Å².